The van der Waals surface area contributed by atoms with Crippen molar-refractivity contribution >= 4 is 51.4 Å². The van der Waals surface area contributed by atoms with Gasteiger partial charge in [-0.1, -0.05) is 43.6 Å². The molecule has 1 unspecified atom stereocenters. The number of hydrogen-bond acceptors (Lipinski definition) is 3. The van der Waals surface area contributed by atoms with E-state index in [2.05, 4.69) is 29.5 Å². The van der Waals surface area contributed by atoms with Crippen LogP contribution in [-0.2, 0) is 15.3 Å². The SMILES string of the molecule is CN=C(NCC(C)(C)c1ccccc1Cl)NC1CCS(=O)(=O)C1.I. The van der Waals surface area contributed by atoms with Crippen molar-refractivity contribution < 1.29 is 8.42 Å². The van der Waals surface area contributed by atoms with Crippen LogP contribution in [0.15, 0.2) is 29.3 Å². The first-order chi connectivity index (χ1) is 10.7. The maximum Gasteiger partial charge on any atom is 0.191 e. The summed E-state index contributed by atoms with van der Waals surface area (Å²) in [5.41, 5.74) is 0.880. The van der Waals surface area contributed by atoms with Gasteiger partial charge >= 0.3 is 0 Å². The highest BCUT2D eigenvalue weighted by atomic mass is 127. The molecule has 8 heteroatoms. The van der Waals surface area contributed by atoms with Crippen LogP contribution < -0.4 is 10.6 Å². The summed E-state index contributed by atoms with van der Waals surface area (Å²) in [6, 6.07) is 7.71. The molecule has 0 amide bonds. The van der Waals surface area contributed by atoms with Crippen molar-refractivity contribution in [2.24, 2.45) is 4.99 Å². The maximum absolute atomic E-state index is 11.5. The molecule has 2 rings (SSSR count). The van der Waals surface area contributed by atoms with E-state index in [0.717, 1.165) is 10.6 Å². The van der Waals surface area contributed by atoms with Crippen LogP contribution >= 0.6 is 35.6 Å². The van der Waals surface area contributed by atoms with Crippen LogP contribution in [0.3, 0.4) is 0 Å². The summed E-state index contributed by atoms with van der Waals surface area (Å²) < 4.78 is 23.1. The van der Waals surface area contributed by atoms with Crippen LogP contribution in [0.25, 0.3) is 0 Å². The van der Waals surface area contributed by atoms with E-state index in [1.165, 1.54) is 0 Å². The van der Waals surface area contributed by atoms with E-state index >= 15 is 0 Å². The molecule has 5 nitrogen and oxygen atoms in total. The first-order valence-corrected chi connectivity index (χ1v) is 9.86. The van der Waals surface area contributed by atoms with Crippen molar-refractivity contribution in [3.8, 4) is 0 Å². The van der Waals surface area contributed by atoms with Crippen LogP contribution in [0, 0.1) is 0 Å². The van der Waals surface area contributed by atoms with Gasteiger partial charge in [0.25, 0.3) is 0 Å². The highest BCUT2D eigenvalue weighted by molar-refractivity contribution is 14.0. The third-order valence-corrected chi connectivity index (χ3v) is 6.20. The standard InChI is InChI=1S/C16H24ClN3O2S.HI/c1-16(2,13-6-4-5-7-14(13)17)11-19-15(18-3)20-12-8-9-23(21,22)10-12;/h4-7,12H,8-11H2,1-3H3,(H2,18,19,20);1H. The van der Waals surface area contributed by atoms with Gasteiger partial charge in [-0.25, -0.2) is 8.42 Å². The number of benzene rings is 1. The molecule has 1 aromatic rings. The van der Waals surface area contributed by atoms with Crippen LogP contribution in [0.4, 0.5) is 0 Å². The van der Waals surface area contributed by atoms with Crippen molar-refractivity contribution in [2.75, 3.05) is 25.1 Å². The van der Waals surface area contributed by atoms with Crippen LogP contribution in [0.2, 0.25) is 5.02 Å². The Morgan fingerprint density at radius 2 is 2.04 bits per heavy atom. The molecule has 1 aliphatic heterocycles. The fraction of sp³-hybridized carbons (Fsp3) is 0.562. The van der Waals surface area contributed by atoms with E-state index in [0.29, 0.717) is 18.9 Å². The van der Waals surface area contributed by atoms with Gasteiger partial charge in [0.2, 0.25) is 0 Å². The van der Waals surface area contributed by atoms with Crippen molar-refractivity contribution in [2.45, 2.75) is 31.7 Å². The number of halogens is 2. The van der Waals surface area contributed by atoms with Gasteiger partial charge in [-0.05, 0) is 18.1 Å². The molecule has 1 saturated heterocycles. The molecule has 1 fully saturated rings. The summed E-state index contributed by atoms with van der Waals surface area (Å²) in [5.74, 6) is 1.03. The number of nitrogens with zero attached hydrogens (tertiary/aromatic N) is 1. The van der Waals surface area contributed by atoms with E-state index in [1.54, 1.807) is 7.05 Å². The molecule has 1 aromatic carbocycles. The molecule has 0 radical (unpaired) electrons. The molecule has 1 heterocycles. The molecule has 1 aliphatic rings. The third-order valence-electron chi connectivity index (χ3n) is 4.10. The zero-order chi connectivity index (χ0) is 17.1. The van der Waals surface area contributed by atoms with E-state index in [1.807, 2.05) is 24.3 Å². The average molecular weight is 486 g/mol. The Morgan fingerprint density at radius 3 is 2.58 bits per heavy atom. The molecule has 0 aliphatic carbocycles. The molecule has 136 valence electrons. The summed E-state index contributed by atoms with van der Waals surface area (Å²) in [5, 5.41) is 7.20. The summed E-state index contributed by atoms with van der Waals surface area (Å²) in [6.45, 7) is 4.85. The normalized spacial score (nSPS) is 20.3. The van der Waals surface area contributed by atoms with E-state index in [-0.39, 0.29) is 46.9 Å². The Bertz CT molecular complexity index is 692. The lowest BCUT2D eigenvalue weighted by Gasteiger charge is -2.28. The Hall–Kier alpha value is -0.540. The predicted molar refractivity (Wildman–Crippen MR) is 111 cm³/mol. The molecule has 24 heavy (non-hydrogen) atoms. The largest absolute Gasteiger partial charge is 0.356 e. The van der Waals surface area contributed by atoms with E-state index in [9.17, 15) is 8.42 Å². The Labute approximate surface area is 166 Å². The minimum Gasteiger partial charge on any atom is -0.356 e. The molecule has 0 bridgehead atoms. The molecular weight excluding hydrogens is 461 g/mol. The van der Waals surface area contributed by atoms with Crippen LogP contribution in [0.5, 0.6) is 0 Å². The van der Waals surface area contributed by atoms with Crippen molar-refractivity contribution in [3.05, 3.63) is 34.9 Å². The first kappa shape index (κ1) is 21.5. The van der Waals surface area contributed by atoms with Crippen molar-refractivity contribution in [1.29, 1.82) is 0 Å². The molecule has 2 N–H and O–H groups in total. The molecule has 0 saturated carbocycles. The van der Waals surface area contributed by atoms with Crippen molar-refractivity contribution in [1.82, 2.24) is 10.6 Å². The number of aliphatic imine (C=N–C) groups is 1. The Kier molecular flexibility index (Phi) is 7.80. The lowest BCUT2D eigenvalue weighted by molar-refractivity contribution is 0.505. The fourth-order valence-electron chi connectivity index (χ4n) is 2.71. The van der Waals surface area contributed by atoms with Crippen molar-refractivity contribution in [3.63, 3.8) is 0 Å². The van der Waals surface area contributed by atoms with Gasteiger partial charge in [-0.15, -0.1) is 24.0 Å². The lowest BCUT2D eigenvalue weighted by Crippen LogP contribution is -2.47. The van der Waals surface area contributed by atoms with Gasteiger partial charge in [-0.2, -0.15) is 0 Å². The highest BCUT2D eigenvalue weighted by Crippen LogP contribution is 2.28. The molecule has 0 aromatic heterocycles. The minimum absolute atomic E-state index is 0. The van der Waals surface area contributed by atoms with Crippen LogP contribution in [-0.4, -0.2) is 45.5 Å². The zero-order valence-corrected chi connectivity index (χ0v) is 18.1. The molecule has 0 spiro atoms. The van der Waals surface area contributed by atoms with E-state index in [4.69, 9.17) is 11.6 Å². The minimum atomic E-state index is -2.90. The summed E-state index contributed by atoms with van der Waals surface area (Å²) in [6.07, 6.45) is 0.622. The smallest absolute Gasteiger partial charge is 0.191 e. The Morgan fingerprint density at radius 1 is 1.38 bits per heavy atom. The number of nitrogens with one attached hydrogen (secondary N) is 2. The van der Waals surface area contributed by atoms with Gasteiger partial charge < -0.3 is 10.6 Å². The zero-order valence-electron chi connectivity index (χ0n) is 14.2. The molecular formula is C16H25ClIN3O2S. The average Bonchev–Trinajstić information content (AvgIpc) is 2.82. The second kappa shape index (κ2) is 8.71. The third kappa shape index (κ3) is 5.77. The van der Waals surface area contributed by atoms with Gasteiger partial charge in [0.1, 0.15) is 0 Å². The lowest BCUT2D eigenvalue weighted by atomic mass is 9.84. The number of hydrogen-bond donors (Lipinski definition) is 2. The van der Waals surface area contributed by atoms with Gasteiger partial charge in [-0.3, -0.25) is 4.99 Å². The number of sulfone groups is 1. The van der Waals surface area contributed by atoms with E-state index < -0.39 is 9.84 Å². The Balaban J connectivity index is 0.00000288. The van der Waals surface area contributed by atoms with Gasteiger partial charge in [0.15, 0.2) is 15.8 Å². The topological polar surface area (TPSA) is 70.6 Å². The van der Waals surface area contributed by atoms with Gasteiger partial charge in [0.05, 0.1) is 11.5 Å². The van der Waals surface area contributed by atoms with Crippen LogP contribution in [0.1, 0.15) is 25.8 Å². The fourth-order valence-corrected chi connectivity index (χ4v) is 4.77. The maximum atomic E-state index is 11.5. The monoisotopic (exact) mass is 485 g/mol. The summed E-state index contributed by atoms with van der Waals surface area (Å²) in [4.78, 5) is 4.19. The first-order valence-electron chi connectivity index (χ1n) is 7.66. The number of guanidine groups is 1. The molecule has 1 atom stereocenters. The highest BCUT2D eigenvalue weighted by Gasteiger charge is 2.29. The predicted octanol–water partition coefficient (Wildman–Crippen LogP) is 2.59. The second-order valence-electron chi connectivity index (χ2n) is 6.53. The van der Waals surface area contributed by atoms with Gasteiger partial charge in [0, 0.05) is 30.1 Å². The second-order valence-corrected chi connectivity index (χ2v) is 9.17. The summed E-state index contributed by atoms with van der Waals surface area (Å²) >= 11 is 6.29. The quantitative estimate of drug-likeness (QED) is 0.391. The number of rotatable bonds is 4. The summed E-state index contributed by atoms with van der Waals surface area (Å²) in [7, 11) is -1.22.